The number of ether oxygens (including phenoxy) is 1. The third-order valence-electron chi connectivity index (χ3n) is 2.95. The summed E-state index contributed by atoms with van der Waals surface area (Å²) in [5.41, 5.74) is 1.59. The number of carbonyl (C=O) groups excluding carboxylic acids is 1. The molecule has 0 radical (unpaired) electrons. The highest BCUT2D eigenvalue weighted by molar-refractivity contribution is 9.10. The van der Waals surface area contributed by atoms with E-state index < -0.39 is 0 Å². The van der Waals surface area contributed by atoms with Crippen LogP contribution in [0.4, 0.5) is 0 Å². The van der Waals surface area contributed by atoms with Gasteiger partial charge in [-0.2, -0.15) is 0 Å². The van der Waals surface area contributed by atoms with Gasteiger partial charge in [-0.3, -0.25) is 4.79 Å². The highest BCUT2D eigenvalue weighted by atomic mass is 79.9. The third-order valence-corrected chi connectivity index (χ3v) is 4.51. The third kappa shape index (κ3) is 1.99. The molecular weight excluding hydrogens is 326 g/mol. The van der Waals surface area contributed by atoms with Crippen molar-refractivity contribution in [2.75, 3.05) is 7.11 Å². The fraction of sp³-hybridized carbons (Fsp3) is 0.0714. The Morgan fingerprint density at radius 2 is 2.21 bits per heavy atom. The van der Waals surface area contributed by atoms with Gasteiger partial charge in [0.05, 0.1) is 7.11 Å². The fourth-order valence-electron chi connectivity index (χ4n) is 2.07. The van der Waals surface area contributed by atoms with Gasteiger partial charge in [0.15, 0.2) is 0 Å². The van der Waals surface area contributed by atoms with E-state index in [4.69, 9.17) is 4.74 Å². The van der Waals surface area contributed by atoms with Crippen molar-refractivity contribution in [3.05, 3.63) is 50.8 Å². The zero-order valence-electron chi connectivity index (χ0n) is 10.1. The van der Waals surface area contributed by atoms with Gasteiger partial charge in [0.2, 0.25) is 5.78 Å². The van der Waals surface area contributed by atoms with Crippen molar-refractivity contribution >= 4 is 44.0 Å². The summed E-state index contributed by atoms with van der Waals surface area (Å²) in [6, 6.07) is 7.62. The maximum absolute atomic E-state index is 12.6. The number of hydrogen-bond donors (Lipinski definition) is 1. The predicted molar refractivity (Wildman–Crippen MR) is 80.3 cm³/mol. The molecule has 19 heavy (non-hydrogen) atoms. The molecule has 0 unspecified atom stereocenters. The molecular formula is C14H10BrNO2S. The number of benzene rings is 1. The smallest absolute Gasteiger partial charge is 0.208 e. The van der Waals surface area contributed by atoms with E-state index >= 15 is 0 Å². The standard InChI is InChI=1S/C14H10BrNO2S/c1-18-11-5-6-19-14(11)13(17)8-7-16-10-4-2-3-9(15)12(8)10/h2-7,16H,1H3. The topological polar surface area (TPSA) is 42.1 Å². The normalized spacial score (nSPS) is 10.8. The summed E-state index contributed by atoms with van der Waals surface area (Å²) in [5.74, 6) is 0.599. The maximum Gasteiger partial charge on any atom is 0.208 e. The summed E-state index contributed by atoms with van der Waals surface area (Å²) in [6.45, 7) is 0. The Balaban J connectivity index is 2.17. The number of carbonyl (C=O) groups is 1. The quantitative estimate of drug-likeness (QED) is 0.727. The number of hydrogen-bond acceptors (Lipinski definition) is 3. The van der Waals surface area contributed by atoms with E-state index in [1.807, 2.05) is 29.6 Å². The zero-order chi connectivity index (χ0) is 13.4. The molecule has 0 bridgehead atoms. The van der Waals surface area contributed by atoms with E-state index in [0.29, 0.717) is 16.2 Å². The van der Waals surface area contributed by atoms with Crippen LogP contribution in [0.2, 0.25) is 0 Å². The Morgan fingerprint density at radius 1 is 1.37 bits per heavy atom. The SMILES string of the molecule is COc1ccsc1C(=O)c1c[nH]c2cccc(Br)c12. The zero-order valence-corrected chi connectivity index (χ0v) is 12.5. The first-order valence-corrected chi connectivity index (χ1v) is 7.31. The van der Waals surface area contributed by atoms with Crippen LogP contribution < -0.4 is 4.74 Å². The molecule has 2 heterocycles. The van der Waals surface area contributed by atoms with Gasteiger partial charge < -0.3 is 9.72 Å². The molecule has 0 aliphatic rings. The van der Waals surface area contributed by atoms with Gasteiger partial charge in [0, 0.05) is 27.1 Å². The molecule has 0 atom stereocenters. The predicted octanol–water partition coefficient (Wildman–Crippen LogP) is 4.23. The second-order valence-corrected chi connectivity index (χ2v) is 5.78. The average Bonchev–Trinajstić information content (AvgIpc) is 3.05. The first-order chi connectivity index (χ1) is 9.22. The molecule has 0 saturated carbocycles. The number of fused-ring (bicyclic) bond motifs is 1. The van der Waals surface area contributed by atoms with Crippen LogP contribution >= 0.6 is 27.3 Å². The second kappa shape index (κ2) is 4.83. The van der Waals surface area contributed by atoms with Gasteiger partial charge in [-0.15, -0.1) is 11.3 Å². The molecule has 96 valence electrons. The minimum atomic E-state index is -0.0231. The van der Waals surface area contributed by atoms with Crippen molar-refractivity contribution in [3.63, 3.8) is 0 Å². The molecule has 3 nitrogen and oxygen atoms in total. The summed E-state index contributed by atoms with van der Waals surface area (Å²) >= 11 is 4.89. The number of thiophene rings is 1. The minimum absolute atomic E-state index is 0.0231. The van der Waals surface area contributed by atoms with E-state index in [-0.39, 0.29) is 5.78 Å². The number of H-pyrrole nitrogens is 1. The van der Waals surface area contributed by atoms with Crippen LogP contribution in [-0.2, 0) is 0 Å². The summed E-state index contributed by atoms with van der Waals surface area (Å²) < 4.78 is 6.12. The molecule has 0 amide bonds. The summed E-state index contributed by atoms with van der Waals surface area (Å²) in [5, 5.41) is 2.76. The molecule has 0 fully saturated rings. The van der Waals surface area contributed by atoms with Crippen molar-refractivity contribution in [1.29, 1.82) is 0 Å². The first kappa shape index (κ1) is 12.4. The molecule has 5 heteroatoms. The lowest BCUT2D eigenvalue weighted by molar-refractivity contribution is 0.104. The molecule has 2 aromatic heterocycles. The van der Waals surface area contributed by atoms with Crippen LogP contribution in [0, 0.1) is 0 Å². The molecule has 0 saturated heterocycles. The van der Waals surface area contributed by atoms with Crippen molar-refractivity contribution in [3.8, 4) is 5.75 Å². The van der Waals surface area contributed by atoms with Gasteiger partial charge in [-0.25, -0.2) is 0 Å². The summed E-state index contributed by atoms with van der Waals surface area (Å²) in [6.07, 6.45) is 1.75. The fourth-order valence-corrected chi connectivity index (χ4v) is 3.46. The van der Waals surface area contributed by atoms with Gasteiger partial charge in [0.1, 0.15) is 10.6 Å². The number of methoxy groups -OCH3 is 1. The Bertz CT molecular complexity index is 760. The highest BCUT2D eigenvalue weighted by Crippen LogP contribution is 2.32. The average molecular weight is 336 g/mol. The molecule has 0 spiro atoms. The lowest BCUT2D eigenvalue weighted by Crippen LogP contribution is -2.00. The maximum atomic E-state index is 12.6. The Kier molecular flexibility index (Phi) is 3.16. The Morgan fingerprint density at radius 3 is 3.00 bits per heavy atom. The van der Waals surface area contributed by atoms with Crippen molar-refractivity contribution in [2.24, 2.45) is 0 Å². The van der Waals surface area contributed by atoms with Crippen molar-refractivity contribution in [1.82, 2.24) is 4.98 Å². The minimum Gasteiger partial charge on any atom is -0.495 e. The number of nitrogens with one attached hydrogen (secondary N) is 1. The molecule has 1 aromatic carbocycles. The molecule has 0 aliphatic carbocycles. The van der Waals surface area contributed by atoms with E-state index in [1.54, 1.807) is 13.3 Å². The van der Waals surface area contributed by atoms with Crippen LogP contribution in [0.3, 0.4) is 0 Å². The number of rotatable bonds is 3. The molecule has 3 rings (SSSR count). The number of aromatic amines is 1. The van der Waals surface area contributed by atoms with Crippen LogP contribution in [0.5, 0.6) is 5.75 Å². The van der Waals surface area contributed by atoms with E-state index in [1.165, 1.54) is 11.3 Å². The molecule has 3 aromatic rings. The summed E-state index contributed by atoms with van der Waals surface area (Å²) in [7, 11) is 1.57. The van der Waals surface area contributed by atoms with Crippen LogP contribution in [0.1, 0.15) is 15.2 Å². The van der Waals surface area contributed by atoms with Gasteiger partial charge >= 0.3 is 0 Å². The highest BCUT2D eigenvalue weighted by Gasteiger charge is 2.20. The van der Waals surface area contributed by atoms with Crippen LogP contribution in [0.25, 0.3) is 10.9 Å². The number of aromatic nitrogens is 1. The second-order valence-electron chi connectivity index (χ2n) is 4.01. The number of ketones is 1. The monoisotopic (exact) mass is 335 g/mol. The molecule has 1 N–H and O–H groups in total. The Hall–Kier alpha value is -1.59. The van der Waals surface area contributed by atoms with Gasteiger partial charge in [-0.1, -0.05) is 22.0 Å². The summed E-state index contributed by atoms with van der Waals surface area (Å²) in [4.78, 5) is 16.4. The van der Waals surface area contributed by atoms with Crippen molar-refractivity contribution in [2.45, 2.75) is 0 Å². The van der Waals surface area contributed by atoms with Gasteiger partial charge in [0.25, 0.3) is 0 Å². The largest absolute Gasteiger partial charge is 0.495 e. The van der Waals surface area contributed by atoms with Crippen LogP contribution in [0.15, 0.2) is 40.3 Å². The Labute approximate surface area is 122 Å². The van der Waals surface area contributed by atoms with Gasteiger partial charge in [-0.05, 0) is 23.6 Å². The lowest BCUT2D eigenvalue weighted by Gasteiger charge is -2.02. The van der Waals surface area contributed by atoms with E-state index in [9.17, 15) is 4.79 Å². The van der Waals surface area contributed by atoms with Crippen molar-refractivity contribution < 1.29 is 9.53 Å². The lowest BCUT2D eigenvalue weighted by atomic mass is 10.1. The molecule has 0 aliphatic heterocycles. The van der Waals surface area contributed by atoms with Crippen LogP contribution in [-0.4, -0.2) is 17.9 Å². The van der Waals surface area contributed by atoms with E-state index in [0.717, 1.165) is 15.4 Å². The number of halogens is 1. The van der Waals surface area contributed by atoms with E-state index in [2.05, 4.69) is 20.9 Å². The first-order valence-electron chi connectivity index (χ1n) is 5.64.